The van der Waals surface area contributed by atoms with Crippen molar-refractivity contribution < 1.29 is 0 Å². The molecule has 62 valence electrons. The molecule has 2 nitrogen and oxygen atoms in total. The van der Waals surface area contributed by atoms with Crippen LogP contribution in [0.5, 0.6) is 0 Å². The lowest BCUT2D eigenvalue weighted by Gasteiger charge is -2.16. The Morgan fingerprint density at radius 3 is 2.82 bits per heavy atom. The maximum atomic E-state index is 8.30. The van der Waals surface area contributed by atoms with E-state index in [1.54, 1.807) is 11.8 Å². The third-order valence-electron chi connectivity index (χ3n) is 1.14. The monoisotopic (exact) mass is 188 g/mol. The highest BCUT2D eigenvalue weighted by Crippen LogP contribution is 2.06. The lowest BCUT2D eigenvalue weighted by Crippen LogP contribution is -2.23. The Morgan fingerprint density at radius 2 is 2.36 bits per heavy atom. The quantitative estimate of drug-likeness (QED) is 0.632. The molecule has 0 aromatic carbocycles. The molecule has 0 heterocycles. The second-order valence-corrected chi connectivity index (χ2v) is 3.93. The second-order valence-electron chi connectivity index (χ2n) is 2.03. The van der Waals surface area contributed by atoms with Gasteiger partial charge in [-0.05, 0) is 5.75 Å². The molecule has 4 heteroatoms. The van der Waals surface area contributed by atoms with Gasteiger partial charge in [0.2, 0.25) is 0 Å². The summed E-state index contributed by atoms with van der Waals surface area (Å²) in [5.41, 5.74) is 0. The van der Waals surface area contributed by atoms with Crippen LogP contribution in [0.2, 0.25) is 0 Å². The molecule has 0 aliphatic rings. The van der Waals surface area contributed by atoms with Gasteiger partial charge in [-0.15, -0.1) is 0 Å². The zero-order valence-corrected chi connectivity index (χ0v) is 8.47. The van der Waals surface area contributed by atoms with Crippen LogP contribution in [-0.2, 0) is 0 Å². The number of rotatable bonds is 3. The summed E-state index contributed by atoms with van der Waals surface area (Å²) in [6.45, 7) is 2.80. The molecule has 0 saturated heterocycles. The third-order valence-corrected chi connectivity index (χ3v) is 2.65. The molecule has 11 heavy (non-hydrogen) atoms. The molecule has 0 aliphatic carbocycles. The van der Waals surface area contributed by atoms with Crippen LogP contribution in [0.1, 0.15) is 13.3 Å². The molecule has 0 fully saturated rings. The van der Waals surface area contributed by atoms with E-state index in [9.17, 15) is 0 Å². The fraction of sp³-hybridized carbons (Fsp3) is 0.714. The van der Waals surface area contributed by atoms with Crippen molar-refractivity contribution in [3.63, 3.8) is 0 Å². The van der Waals surface area contributed by atoms with Crippen LogP contribution < -0.4 is 0 Å². The first-order valence-electron chi connectivity index (χ1n) is 3.47. The summed E-state index contributed by atoms with van der Waals surface area (Å²) >= 11 is 6.71. The molecular weight excluding hydrogens is 176 g/mol. The molecule has 0 aromatic heterocycles. The summed E-state index contributed by atoms with van der Waals surface area (Å²) in [5, 5.41) is 8.30. The lowest BCUT2D eigenvalue weighted by atomic mass is 10.4. The average Bonchev–Trinajstić information content (AvgIpc) is 2.00. The van der Waals surface area contributed by atoms with Gasteiger partial charge >= 0.3 is 0 Å². The van der Waals surface area contributed by atoms with Crippen LogP contribution in [0.4, 0.5) is 0 Å². The Morgan fingerprint density at radius 1 is 1.73 bits per heavy atom. The number of nitrogens with zero attached hydrogens (tertiary/aromatic N) is 2. The van der Waals surface area contributed by atoms with Gasteiger partial charge in [0, 0.05) is 13.6 Å². The number of thioether (sulfide) groups is 1. The first kappa shape index (κ1) is 10.7. The highest BCUT2D eigenvalue weighted by Gasteiger charge is 2.01. The number of hydrogen-bond acceptors (Lipinski definition) is 3. The molecular formula is C7H12N2S2. The van der Waals surface area contributed by atoms with Gasteiger partial charge in [-0.25, -0.2) is 0 Å². The lowest BCUT2D eigenvalue weighted by molar-refractivity contribution is 0.534. The van der Waals surface area contributed by atoms with Gasteiger partial charge in [0.05, 0.1) is 12.5 Å². The highest BCUT2D eigenvalue weighted by atomic mass is 32.2. The molecule has 0 unspecified atom stereocenters. The molecule has 0 rings (SSSR count). The van der Waals surface area contributed by atoms with E-state index >= 15 is 0 Å². The normalized spacial score (nSPS) is 8.82. The molecule has 0 amide bonds. The van der Waals surface area contributed by atoms with Crippen molar-refractivity contribution in [2.45, 2.75) is 13.3 Å². The molecule has 0 aliphatic heterocycles. The summed E-state index contributed by atoms with van der Waals surface area (Å²) in [6, 6.07) is 2.09. The van der Waals surface area contributed by atoms with E-state index in [2.05, 4.69) is 13.0 Å². The topological polar surface area (TPSA) is 27.0 Å². The first-order chi connectivity index (χ1) is 5.22. The highest BCUT2D eigenvalue weighted by molar-refractivity contribution is 8.22. The Bertz CT molecular complexity index is 162. The van der Waals surface area contributed by atoms with E-state index in [1.165, 1.54) is 0 Å². The zero-order chi connectivity index (χ0) is 8.69. The van der Waals surface area contributed by atoms with Gasteiger partial charge in [-0.2, -0.15) is 5.26 Å². The fourth-order valence-corrected chi connectivity index (χ4v) is 1.55. The fourth-order valence-electron chi connectivity index (χ4n) is 0.543. The number of nitriles is 1. The molecule has 0 N–H and O–H groups in total. The third kappa shape index (κ3) is 5.05. The molecule has 0 spiro atoms. The van der Waals surface area contributed by atoms with Crippen LogP contribution in [0, 0.1) is 11.3 Å². The Balaban J connectivity index is 3.57. The van der Waals surface area contributed by atoms with Crippen LogP contribution in [-0.4, -0.2) is 28.6 Å². The van der Waals surface area contributed by atoms with E-state index in [4.69, 9.17) is 17.5 Å². The van der Waals surface area contributed by atoms with E-state index < -0.39 is 0 Å². The predicted molar refractivity (Wildman–Crippen MR) is 53.6 cm³/mol. The Kier molecular flexibility index (Phi) is 6.28. The van der Waals surface area contributed by atoms with Crippen molar-refractivity contribution in [1.82, 2.24) is 4.90 Å². The predicted octanol–water partition coefficient (Wildman–Crippen LogP) is 1.87. The Hall–Kier alpha value is -0.270. The summed E-state index contributed by atoms with van der Waals surface area (Å²) in [4.78, 5) is 1.94. The summed E-state index contributed by atoms with van der Waals surface area (Å²) in [6.07, 6.45) is 0.543. The molecule has 0 bridgehead atoms. The average molecular weight is 188 g/mol. The van der Waals surface area contributed by atoms with Gasteiger partial charge in [-0.3, -0.25) is 0 Å². The maximum Gasteiger partial charge on any atom is 0.136 e. The smallest absolute Gasteiger partial charge is 0.136 e. The molecule has 0 aromatic rings. The first-order valence-corrected chi connectivity index (χ1v) is 4.86. The van der Waals surface area contributed by atoms with Gasteiger partial charge in [0.1, 0.15) is 4.32 Å². The summed E-state index contributed by atoms with van der Waals surface area (Å²) in [5.74, 6) is 0.996. The molecule has 0 saturated carbocycles. The number of hydrogen-bond donors (Lipinski definition) is 0. The van der Waals surface area contributed by atoms with E-state index in [0.717, 1.165) is 16.6 Å². The minimum Gasteiger partial charge on any atom is -0.360 e. The van der Waals surface area contributed by atoms with Crippen LogP contribution in [0.15, 0.2) is 0 Å². The van der Waals surface area contributed by atoms with Crippen molar-refractivity contribution in [3.8, 4) is 6.07 Å². The van der Waals surface area contributed by atoms with Gasteiger partial charge in [0.25, 0.3) is 0 Å². The van der Waals surface area contributed by atoms with E-state index in [-0.39, 0.29) is 0 Å². The SMILES string of the molecule is CCSC(=S)N(C)CCC#N. The zero-order valence-electron chi connectivity index (χ0n) is 6.83. The van der Waals surface area contributed by atoms with Crippen molar-refractivity contribution >= 4 is 28.3 Å². The van der Waals surface area contributed by atoms with Crippen LogP contribution >= 0.6 is 24.0 Å². The largest absolute Gasteiger partial charge is 0.360 e. The minimum atomic E-state index is 0.543. The van der Waals surface area contributed by atoms with Crippen LogP contribution in [0.3, 0.4) is 0 Å². The van der Waals surface area contributed by atoms with Gasteiger partial charge in [-0.1, -0.05) is 30.9 Å². The second kappa shape index (κ2) is 6.44. The molecule has 0 radical (unpaired) electrons. The van der Waals surface area contributed by atoms with Gasteiger partial charge < -0.3 is 4.90 Å². The number of thiocarbonyl (C=S) groups is 1. The summed E-state index contributed by atoms with van der Waals surface area (Å²) < 4.78 is 0.878. The summed E-state index contributed by atoms with van der Waals surface area (Å²) in [7, 11) is 1.92. The van der Waals surface area contributed by atoms with Crippen molar-refractivity contribution in [1.29, 1.82) is 5.26 Å². The maximum absolute atomic E-state index is 8.30. The van der Waals surface area contributed by atoms with Crippen molar-refractivity contribution in [2.75, 3.05) is 19.3 Å². The minimum absolute atomic E-state index is 0.543. The van der Waals surface area contributed by atoms with Gasteiger partial charge in [0.15, 0.2) is 0 Å². The van der Waals surface area contributed by atoms with Crippen molar-refractivity contribution in [2.24, 2.45) is 0 Å². The van der Waals surface area contributed by atoms with E-state index in [1.807, 2.05) is 11.9 Å². The molecule has 0 atom stereocenters. The standard InChI is InChI=1S/C7H12N2S2/c1-3-11-7(10)9(2)6-4-5-8/h3-4,6H2,1-2H3. The van der Waals surface area contributed by atoms with Crippen LogP contribution in [0.25, 0.3) is 0 Å². The van der Waals surface area contributed by atoms with Crippen molar-refractivity contribution in [3.05, 3.63) is 0 Å². The Labute approximate surface area is 77.6 Å². The van der Waals surface area contributed by atoms with E-state index in [0.29, 0.717) is 6.42 Å².